The van der Waals surface area contributed by atoms with Gasteiger partial charge in [0.15, 0.2) is 0 Å². The van der Waals surface area contributed by atoms with E-state index in [-0.39, 0.29) is 16.9 Å². The van der Waals surface area contributed by atoms with Crippen molar-refractivity contribution in [3.8, 4) is 11.8 Å². The number of aromatic nitrogens is 3. The van der Waals surface area contributed by atoms with Crippen LogP contribution in [0.3, 0.4) is 0 Å². The first-order valence-electron chi connectivity index (χ1n) is 5.19. The average Bonchev–Trinajstić information content (AvgIpc) is 2.55. The summed E-state index contributed by atoms with van der Waals surface area (Å²) < 4.78 is 44.5. The highest BCUT2D eigenvalue weighted by Gasteiger charge is 2.32. The zero-order valence-electron chi connectivity index (χ0n) is 9.99. The summed E-state index contributed by atoms with van der Waals surface area (Å²) in [7, 11) is 1.61. The third-order valence-electron chi connectivity index (χ3n) is 2.27. The van der Waals surface area contributed by atoms with E-state index in [1.807, 2.05) is 0 Å². The van der Waals surface area contributed by atoms with Crippen LogP contribution in [0.2, 0.25) is 5.15 Å². The van der Waals surface area contributed by atoms with Gasteiger partial charge in [-0.05, 0) is 13.0 Å². The molecule has 0 bridgehead atoms. The van der Waals surface area contributed by atoms with E-state index in [0.717, 1.165) is 12.1 Å². The Bertz CT molecular complexity index is 610. The monoisotopic (exact) mass is 291 g/mol. The highest BCUT2D eigenvalue weighted by molar-refractivity contribution is 6.29. The largest absolute Gasteiger partial charge is 0.421 e. The van der Waals surface area contributed by atoms with Gasteiger partial charge in [-0.15, -0.1) is 0 Å². The van der Waals surface area contributed by atoms with Gasteiger partial charge in [-0.25, -0.2) is 9.67 Å². The lowest BCUT2D eigenvalue weighted by Gasteiger charge is -2.09. The summed E-state index contributed by atoms with van der Waals surface area (Å²) in [4.78, 5) is 3.70. The molecule has 2 aromatic heterocycles. The Morgan fingerprint density at radius 2 is 1.95 bits per heavy atom. The van der Waals surface area contributed by atoms with Gasteiger partial charge in [0, 0.05) is 19.2 Å². The topological polar surface area (TPSA) is 39.9 Å². The Morgan fingerprint density at radius 3 is 2.47 bits per heavy atom. The molecule has 19 heavy (non-hydrogen) atoms. The van der Waals surface area contributed by atoms with Gasteiger partial charge in [0.2, 0.25) is 11.8 Å². The highest BCUT2D eigenvalue weighted by atomic mass is 35.5. The van der Waals surface area contributed by atoms with Crippen LogP contribution in [-0.4, -0.2) is 14.8 Å². The predicted octanol–water partition coefficient (Wildman–Crippen LogP) is 3.59. The van der Waals surface area contributed by atoms with Crippen LogP contribution in [-0.2, 0) is 13.2 Å². The molecular weight excluding hydrogens is 283 g/mol. The molecule has 0 aromatic carbocycles. The summed E-state index contributed by atoms with van der Waals surface area (Å²) in [5.41, 5.74) is -0.239. The predicted molar refractivity (Wildman–Crippen MR) is 62.3 cm³/mol. The van der Waals surface area contributed by atoms with Crippen LogP contribution in [0.15, 0.2) is 18.2 Å². The average molecular weight is 292 g/mol. The number of hydrogen-bond acceptors (Lipinski definition) is 3. The molecule has 102 valence electrons. The van der Waals surface area contributed by atoms with E-state index in [2.05, 4.69) is 10.1 Å². The smallest absolute Gasteiger partial charge is 0.416 e. The molecule has 0 aliphatic rings. The molecule has 0 saturated carbocycles. The molecule has 0 unspecified atom stereocenters. The van der Waals surface area contributed by atoms with Crippen LogP contribution in [0.5, 0.6) is 11.8 Å². The second-order valence-electron chi connectivity index (χ2n) is 3.86. The molecule has 0 radical (unpaired) electrons. The van der Waals surface area contributed by atoms with E-state index in [4.69, 9.17) is 16.3 Å². The molecule has 8 heteroatoms. The van der Waals surface area contributed by atoms with Crippen LogP contribution in [0.25, 0.3) is 0 Å². The van der Waals surface area contributed by atoms with Crippen molar-refractivity contribution in [3.63, 3.8) is 0 Å². The standard InChI is InChI=1S/C11H9ClF3N3O/c1-6-3-10(18(2)17-6)19-9-5-7(11(13,14)15)4-8(12)16-9/h3-5H,1-2H3. The lowest BCUT2D eigenvalue weighted by molar-refractivity contribution is -0.137. The fraction of sp³-hybridized carbons (Fsp3) is 0.273. The maximum Gasteiger partial charge on any atom is 0.416 e. The lowest BCUT2D eigenvalue weighted by atomic mass is 10.2. The van der Waals surface area contributed by atoms with E-state index in [9.17, 15) is 13.2 Å². The van der Waals surface area contributed by atoms with Crippen molar-refractivity contribution < 1.29 is 17.9 Å². The Labute approximate surface area is 111 Å². The SMILES string of the molecule is Cc1cc(Oc2cc(C(F)(F)F)cc(Cl)n2)n(C)n1. The fourth-order valence-electron chi connectivity index (χ4n) is 1.48. The van der Waals surface area contributed by atoms with Gasteiger partial charge in [-0.3, -0.25) is 0 Å². The number of aryl methyl sites for hydroxylation is 2. The van der Waals surface area contributed by atoms with E-state index in [1.54, 1.807) is 20.0 Å². The molecule has 0 atom stereocenters. The summed E-state index contributed by atoms with van der Waals surface area (Å²) in [5.74, 6) is 0.0446. The van der Waals surface area contributed by atoms with Gasteiger partial charge in [-0.2, -0.15) is 18.3 Å². The molecule has 0 saturated heterocycles. The number of alkyl halides is 3. The van der Waals surface area contributed by atoms with Crippen molar-refractivity contribution in [3.05, 3.63) is 34.6 Å². The Hall–Kier alpha value is -1.76. The third kappa shape index (κ3) is 3.17. The molecule has 0 aliphatic carbocycles. The third-order valence-corrected chi connectivity index (χ3v) is 2.46. The molecule has 2 rings (SSSR count). The summed E-state index contributed by atoms with van der Waals surface area (Å²) in [5, 5.41) is 3.72. The molecular formula is C11H9ClF3N3O. The van der Waals surface area contributed by atoms with Crippen LogP contribution in [0.1, 0.15) is 11.3 Å². The van der Waals surface area contributed by atoms with Crippen LogP contribution < -0.4 is 4.74 Å². The van der Waals surface area contributed by atoms with Crippen molar-refractivity contribution in [1.82, 2.24) is 14.8 Å². The first-order chi connectivity index (χ1) is 8.75. The minimum absolute atomic E-state index is 0.233. The van der Waals surface area contributed by atoms with E-state index < -0.39 is 11.7 Å². The molecule has 2 aromatic rings. The maximum atomic E-state index is 12.6. The summed E-state index contributed by atoms with van der Waals surface area (Å²) in [6, 6.07) is 3.10. The Morgan fingerprint density at radius 1 is 1.26 bits per heavy atom. The molecule has 0 spiro atoms. The normalized spacial score (nSPS) is 11.7. The Balaban J connectivity index is 2.35. The van der Waals surface area contributed by atoms with Crippen LogP contribution >= 0.6 is 11.6 Å². The molecule has 2 heterocycles. The van der Waals surface area contributed by atoms with Gasteiger partial charge in [0.05, 0.1) is 11.3 Å². The van der Waals surface area contributed by atoms with Gasteiger partial charge in [-0.1, -0.05) is 11.6 Å². The van der Waals surface area contributed by atoms with Gasteiger partial charge in [0.25, 0.3) is 0 Å². The second kappa shape index (κ2) is 4.73. The fourth-order valence-corrected chi connectivity index (χ4v) is 1.68. The van der Waals surface area contributed by atoms with Crippen molar-refractivity contribution in [2.45, 2.75) is 13.1 Å². The van der Waals surface area contributed by atoms with E-state index in [0.29, 0.717) is 5.69 Å². The highest BCUT2D eigenvalue weighted by Crippen LogP contribution is 2.33. The molecule has 0 N–H and O–H groups in total. The number of rotatable bonds is 2. The van der Waals surface area contributed by atoms with Crippen LogP contribution in [0.4, 0.5) is 13.2 Å². The Kier molecular flexibility index (Phi) is 3.40. The number of nitrogens with zero attached hydrogens (tertiary/aromatic N) is 3. The van der Waals surface area contributed by atoms with Crippen molar-refractivity contribution in [2.24, 2.45) is 7.05 Å². The number of pyridine rings is 1. The first-order valence-corrected chi connectivity index (χ1v) is 5.57. The minimum atomic E-state index is -4.51. The molecule has 4 nitrogen and oxygen atoms in total. The first kappa shape index (κ1) is 13.7. The molecule has 0 fully saturated rings. The zero-order valence-corrected chi connectivity index (χ0v) is 10.7. The summed E-state index contributed by atoms with van der Waals surface area (Å²) in [6.45, 7) is 1.74. The summed E-state index contributed by atoms with van der Waals surface area (Å²) >= 11 is 5.55. The number of ether oxygens (including phenoxy) is 1. The maximum absolute atomic E-state index is 12.6. The van der Waals surface area contributed by atoms with Gasteiger partial charge < -0.3 is 4.74 Å². The van der Waals surface area contributed by atoms with Gasteiger partial charge >= 0.3 is 6.18 Å². The second-order valence-corrected chi connectivity index (χ2v) is 4.25. The number of halogens is 4. The van der Waals surface area contributed by atoms with Crippen molar-refractivity contribution in [1.29, 1.82) is 0 Å². The molecule has 0 amide bonds. The molecule has 0 aliphatic heterocycles. The van der Waals surface area contributed by atoms with Crippen LogP contribution in [0, 0.1) is 6.92 Å². The van der Waals surface area contributed by atoms with E-state index >= 15 is 0 Å². The zero-order chi connectivity index (χ0) is 14.2. The summed E-state index contributed by atoms with van der Waals surface area (Å²) in [6.07, 6.45) is -4.51. The van der Waals surface area contributed by atoms with E-state index in [1.165, 1.54) is 4.68 Å². The van der Waals surface area contributed by atoms with Gasteiger partial charge in [0.1, 0.15) is 5.15 Å². The quantitative estimate of drug-likeness (QED) is 0.794. The van der Waals surface area contributed by atoms with Crippen molar-refractivity contribution >= 4 is 11.6 Å². The lowest BCUT2D eigenvalue weighted by Crippen LogP contribution is -2.06. The minimum Gasteiger partial charge on any atom is -0.421 e. The van der Waals surface area contributed by atoms with Crippen molar-refractivity contribution in [2.75, 3.05) is 0 Å². The number of hydrogen-bond donors (Lipinski definition) is 0.